The number of halogens is 3. The van der Waals surface area contributed by atoms with Gasteiger partial charge in [-0.15, -0.1) is 0 Å². The molecule has 3 nitrogen and oxygen atoms in total. The molecule has 0 aliphatic rings. The van der Waals surface area contributed by atoms with Crippen molar-refractivity contribution in [1.29, 1.82) is 0 Å². The Morgan fingerprint density at radius 2 is 2.18 bits per heavy atom. The molecular weight excluding hydrogens is 294 g/mol. The summed E-state index contributed by atoms with van der Waals surface area (Å²) in [6, 6.07) is 1.83. The van der Waals surface area contributed by atoms with E-state index in [0.717, 1.165) is 10.0 Å². The molecule has 1 unspecified atom stereocenters. The number of hydrogen-bond donors (Lipinski definition) is 1. The minimum atomic E-state index is -2.42. The van der Waals surface area contributed by atoms with Crippen LogP contribution in [0.4, 0.5) is 8.78 Å². The second-order valence-corrected chi connectivity index (χ2v) is 4.65. The molecule has 0 bridgehead atoms. The van der Waals surface area contributed by atoms with Gasteiger partial charge < -0.3 is 10.5 Å². The monoisotopic (exact) mass is 308 g/mol. The predicted molar refractivity (Wildman–Crippen MR) is 65.1 cm³/mol. The van der Waals surface area contributed by atoms with Crippen LogP contribution < -0.4 is 5.73 Å². The predicted octanol–water partition coefficient (Wildman–Crippen LogP) is 2.39. The Bertz CT molecular complexity index is 339. The van der Waals surface area contributed by atoms with Crippen molar-refractivity contribution in [3.05, 3.63) is 28.5 Å². The highest BCUT2D eigenvalue weighted by Gasteiger charge is 2.06. The maximum atomic E-state index is 11.8. The quantitative estimate of drug-likeness (QED) is 0.787. The van der Waals surface area contributed by atoms with Crippen molar-refractivity contribution >= 4 is 15.9 Å². The van der Waals surface area contributed by atoms with Gasteiger partial charge in [-0.3, -0.25) is 4.98 Å². The van der Waals surface area contributed by atoms with E-state index in [1.165, 1.54) is 0 Å². The molecular formula is C11H15BrF2N2O. The molecule has 0 fully saturated rings. The van der Waals surface area contributed by atoms with Gasteiger partial charge in [0.25, 0.3) is 6.43 Å². The molecule has 0 aliphatic heterocycles. The van der Waals surface area contributed by atoms with Crippen LogP contribution in [0.2, 0.25) is 0 Å². The van der Waals surface area contributed by atoms with Gasteiger partial charge in [0.1, 0.15) is 6.61 Å². The first-order valence-electron chi connectivity index (χ1n) is 5.29. The van der Waals surface area contributed by atoms with Crippen molar-refractivity contribution in [3.8, 4) is 0 Å². The first-order chi connectivity index (χ1) is 8.08. The van der Waals surface area contributed by atoms with Crippen molar-refractivity contribution in [3.63, 3.8) is 0 Å². The van der Waals surface area contributed by atoms with Crippen LogP contribution in [-0.4, -0.2) is 30.7 Å². The molecule has 0 radical (unpaired) electrons. The van der Waals surface area contributed by atoms with E-state index in [1.807, 2.05) is 6.07 Å². The van der Waals surface area contributed by atoms with Crippen molar-refractivity contribution in [2.45, 2.75) is 25.3 Å². The van der Waals surface area contributed by atoms with Gasteiger partial charge in [0.15, 0.2) is 0 Å². The third-order valence-electron chi connectivity index (χ3n) is 2.14. The zero-order valence-corrected chi connectivity index (χ0v) is 10.9. The highest BCUT2D eigenvalue weighted by atomic mass is 79.9. The number of hydrogen-bond acceptors (Lipinski definition) is 3. The second kappa shape index (κ2) is 7.68. The summed E-state index contributed by atoms with van der Waals surface area (Å²) in [5.41, 5.74) is 6.88. The summed E-state index contributed by atoms with van der Waals surface area (Å²) in [5, 5.41) is 0. The zero-order valence-electron chi connectivity index (χ0n) is 9.28. The average Bonchev–Trinajstić information content (AvgIpc) is 2.24. The van der Waals surface area contributed by atoms with E-state index in [0.29, 0.717) is 12.8 Å². The fourth-order valence-electron chi connectivity index (χ4n) is 1.38. The Kier molecular flexibility index (Phi) is 6.54. The fourth-order valence-corrected chi connectivity index (χ4v) is 1.79. The molecule has 6 heteroatoms. The maximum Gasteiger partial charge on any atom is 0.261 e. The highest BCUT2D eigenvalue weighted by molar-refractivity contribution is 9.10. The molecule has 2 N–H and O–H groups in total. The van der Waals surface area contributed by atoms with Gasteiger partial charge in [0.05, 0.1) is 0 Å². The van der Waals surface area contributed by atoms with Crippen LogP contribution in [0.3, 0.4) is 0 Å². The lowest BCUT2D eigenvalue weighted by atomic mass is 10.1. The van der Waals surface area contributed by atoms with Gasteiger partial charge in [0.2, 0.25) is 0 Å². The number of nitrogens with zero attached hydrogens (tertiary/aromatic N) is 1. The first-order valence-corrected chi connectivity index (χ1v) is 6.08. The van der Waals surface area contributed by atoms with Crippen molar-refractivity contribution in [2.24, 2.45) is 5.73 Å². The Balaban J connectivity index is 2.23. The first kappa shape index (κ1) is 14.5. The van der Waals surface area contributed by atoms with E-state index in [2.05, 4.69) is 20.9 Å². The number of nitrogens with two attached hydrogens (primary N) is 1. The lowest BCUT2D eigenvalue weighted by Crippen LogP contribution is -2.25. The molecule has 17 heavy (non-hydrogen) atoms. The molecule has 0 saturated carbocycles. The summed E-state index contributed by atoms with van der Waals surface area (Å²) >= 11 is 3.32. The van der Waals surface area contributed by atoms with Gasteiger partial charge in [-0.2, -0.15) is 0 Å². The van der Waals surface area contributed by atoms with Gasteiger partial charge in [-0.05, 0) is 40.4 Å². The molecule has 1 aromatic heterocycles. The van der Waals surface area contributed by atoms with Crippen molar-refractivity contribution in [1.82, 2.24) is 4.98 Å². The summed E-state index contributed by atoms with van der Waals surface area (Å²) in [7, 11) is 0. The largest absolute Gasteiger partial charge is 0.375 e. The van der Waals surface area contributed by atoms with E-state index in [4.69, 9.17) is 10.5 Å². The minimum absolute atomic E-state index is 0.108. The van der Waals surface area contributed by atoms with Gasteiger partial charge >= 0.3 is 0 Å². The smallest absolute Gasteiger partial charge is 0.261 e. The van der Waals surface area contributed by atoms with E-state index in [1.54, 1.807) is 12.4 Å². The summed E-state index contributed by atoms with van der Waals surface area (Å²) in [6.07, 6.45) is 2.23. The van der Waals surface area contributed by atoms with Crippen LogP contribution in [0.1, 0.15) is 12.0 Å². The van der Waals surface area contributed by atoms with Crippen molar-refractivity contribution in [2.75, 3.05) is 13.2 Å². The summed E-state index contributed by atoms with van der Waals surface area (Å²) in [6.45, 7) is -0.266. The van der Waals surface area contributed by atoms with Crippen LogP contribution in [0.25, 0.3) is 0 Å². The molecule has 0 aromatic carbocycles. The topological polar surface area (TPSA) is 48.1 Å². The van der Waals surface area contributed by atoms with Gasteiger partial charge in [0, 0.05) is 29.5 Å². The molecule has 1 heterocycles. The van der Waals surface area contributed by atoms with E-state index in [9.17, 15) is 8.78 Å². The molecule has 1 atom stereocenters. The molecule has 1 aromatic rings. The molecule has 0 aliphatic carbocycles. The lowest BCUT2D eigenvalue weighted by molar-refractivity contribution is 0.0153. The fraction of sp³-hybridized carbons (Fsp3) is 0.545. The van der Waals surface area contributed by atoms with Crippen LogP contribution >= 0.6 is 15.9 Å². The Hall–Kier alpha value is -0.590. The number of aromatic nitrogens is 1. The van der Waals surface area contributed by atoms with E-state index < -0.39 is 13.0 Å². The zero-order chi connectivity index (χ0) is 12.7. The standard InChI is InChI=1S/C11H15BrF2N2O/c12-9-3-8(5-16-6-9)4-10(15)1-2-17-7-11(13)14/h3,5-6,10-11H,1-2,4,7,15H2. The second-order valence-electron chi connectivity index (χ2n) is 3.73. The number of ether oxygens (including phenoxy) is 1. The summed E-state index contributed by atoms with van der Waals surface area (Å²) in [4.78, 5) is 4.02. The molecule has 0 saturated heterocycles. The minimum Gasteiger partial charge on any atom is -0.375 e. The lowest BCUT2D eigenvalue weighted by Gasteiger charge is -2.11. The molecule has 0 spiro atoms. The summed E-state index contributed by atoms with van der Waals surface area (Å²) < 4.78 is 29.2. The van der Waals surface area contributed by atoms with E-state index >= 15 is 0 Å². The van der Waals surface area contributed by atoms with Crippen LogP contribution in [0.15, 0.2) is 22.9 Å². The van der Waals surface area contributed by atoms with Gasteiger partial charge in [-0.25, -0.2) is 8.78 Å². The number of pyridine rings is 1. The number of alkyl halides is 2. The SMILES string of the molecule is NC(CCOCC(F)F)Cc1cncc(Br)c1. The number of rotatable bonds is 7. The summed E-state index contributed by atoms with van der Waals surface area (Å²) in [5.74, 6) is 0. The van der Waals surface area contributed by atoms with Crippen LogP contribution in [0.5, 0.6) is 0 Å². The van der Waals surface area contributed by atoms with Crippen LogP contribution in [-0.2, 0) is 11.2 Å². The normalized spacial score (nSPS) is 13.0. The van der Waals surface area contributed by atoms with E-state index in [-0.39, 0.29) is 12.6 Å². The van der Waals surface area contributed by atoms with Crippen molar-refractivity contribution < 1.29 is 13.5 Å². The third-order valence-corrected chi connectivity index (χ3v) is 2.57. The molecule has 96 valence electrons. The van der Waals surface area contributed by atoms with Crippen LogP contribution in [0, 0.1) is 0 Å². The average molecular weight is 309 g/mol. The third kappa shape index (κ3) is 6.65. The Morgan fingerprint density at radius 3 is 2.82 bits per heavy atom. The Morgan fingerprint density at radius 1 is 1.41 bits per heavy atom. The molecule has 1 rings (SSSR count). The maximum absolute atomic E-state index is 11.8. The highest BCUT2D eigenvalue weighted by Crippen LogP contribution is 2.11. The Labute approximate surface area is 107 Å². The van der Waals surface area contributed by atoms with Gasteiger partial charge in [-0.1, -0.05) is 0 Å². The molecule has 0 amide bonds.